The lowest BCUT2D eigenvalue weighted by atomic mass is 9.93. The van der Waals surface area contributed by atoms with E-state index >= 15 is 0 Å². The van der Waals surface area contributed by atoms with E-state index in [9.17, 15) is 0 Å². The van der Waals surface area contributed by atoms with Gasteiger partial charge in [-0.3, -0.25) is 0 Å². The smallest absolute Gasteiger partial charge is 0.285 e. The maximum atomic E-state index is 5.64. The van der Waals surface area contributed by atoms with Crippen LogP contribution in [0.3, 0.4) is 0 Å². The molecule has 2 unspecified atom stereocenters. The van der Waals surface area contributed by atoms with E-state index in [0.29, 0.717) is 12.7 Å². The quantitative estimate of drug-likeness (QED) is 0.0777. The molecule has 5 nitrogen and oxygen atoms in total. The zero-order valence-electron chi connectivity index (χ0n) is 23.8. The van der Waals surface area contributed by atoms with Crippen molar-refractivity contribution in [3.05, 3.63) is 0 Å². The summed E-state index contributed by atoms with van der Waals surface area (Å²) in [6.07, 6.45) is 22.5. The third-order valence-electron chi connectivity index (χ3n) is 6.76. The summed E-state index contributed by atoms with van der Waals surface area (Å²) in [6.45, 7) is 9.10. The van der Waals surface area contributed by atoms with Crippen LogP contribution >= 0.6 is 0 Å². The van der Waals surface area contributed by atoms with Gasteiger partial charge in [0.1, 0.15) is 6.10 Å². The number of hydrogen-bond donors (Lipinski definition) is 0. The molecule has 0 saturated carbocycles. The third-order valence-corrected chi connectivity index (χ3v) is 6.76. The van der Waals surface area contributed by atoms with Gasteiger partial charge < -0.3 is 23.7 Å². The molecule has 1 aliphatic rings. The van der Waals surface area contributed by atoms with Gasteiger partial charge in [-0.1, -0.05) is 111 Å². The van der Waals surface area contributed by atoms with Crippen molar-refractivity contribution in [2.24, 2.45) is 5.92 Å². The average molecular weight is 489 g/mol. The Morgan fingerprint density at radius 1 is 0.647 bits per heavy atom. The minimum absolute atomic E-state index is 0.212. The van der Waals surface area contributed by atoms with Crippen LogP contribution in [-0.4, -0.2) is 53.2 Å². The molecule has 34 heavy (non-hydrogen) atoms. The summed E-state index contributed by atoms with van der Waals surface area (Å²) in [5.41, 5.74) is 0. The molecular formula is C29H60O5. The fraction of sp³-hybridized carbons (Fsp3) is 1.00. The van der Waals surface area contributed by atoms with E-state index in [1.165, 1.54) is 89.9 Å². The van der Waals surface area contributed by atoms with E-state index in [1.54, 1.807) is 21.3 Å². The van der Waals surface area contributed by atoms with Crippen LogP contribution in [0, 0.1) is 5.92 Å². The molecule has 1 heterocycles. The first-order valence-corrected chi connectivity index (χ1v) is 14.5. The van der Waals surface area contributed by atoms with Crippen molar-refractivity contribution in [2.45, 2.75) is 142 Å². The van der Waals surface area contributed by atoms with Crippen molar-refractivity contribution in [1.29, 1.82) is 0 Å². The Balaban J connectivity index is 0.000000916. The average Bonchev–Trinajstić information content (AvgIpc) is 3.69. The van der Waals surface area contributed by atoms with Gasteiger partial charge in [0, 0.05) is 33.9 Å². The summed E-state index contributed by atoms with van der Waals surface area (Å²) in [5, 5.41) is 0. The monoisotopic (exact) mass is 488 g/mol. The molecule has 0 radical (unpaired) electrons. The van der Waals surface area contributed by atoms with E-state index < -0.39 is 5.97 Å². The van der Waals surface area contributed by atoms with Gasteiger partial charge in [0.15, 0.2) is 0 Å². The lowest BCUT2D eigenvalue weighted by molar-refractivity contribution is -0.380. The molecule has 0 N–H and O–H groups in total. The number of methoxy groups -OCH3 is 3. The largest absolute Gasteiger partial charge is 0.379 e. The van der Waals surface area contributed by atoms with Crippen molar-refractivity contribution in [3.8, 4) is 0 Å². The van der Waals surface area contributed by atoms with Crippen LogP contribution in [0.5, 0.6) is 0 Å². The molecule has 1 saturated heterocycles. The summed E-state index contributed by atoms with van der Waals surface area (Å²) in [5.74, 6) is -0.729. The normalized spacial score (nSPS) is 16.2. The van der Waals surface area contributed by atoms with Crippen LogP contribution in [-0.2, 0) is 23.7 Å². The highest BCUT2D eigenvalue weighted by Gasteiger charge is 2.39. The number of rotatable bonds is 24. The molecule has 1 aliphatic heterocycles. The van der Waals surface area contributed by atoms with Gasteiger partial charge in [0.25, 0.3) is 5.97 Å². The Morgan fingerprint density at radius 3 is 1.47 bits per heavy atom. The zero-order valence-corrected chi connectivity index (χ0v) is 23.8. The summed E-state index contributed by atoms with van der Waals surface area (Å²) < 4.78 is 27.6. The Morgan fingerprint density at radius 2 is 1.06 bits per heavy atom. The van der Waals surface area contributed by atoms with Gasteiger partial charge in [-0.2, -0.15) is 0 Å². The molecule has 0 amide bonds. The second-order valence-electron chi connectivity index (χ2n) is 9.76. The molecule has 0 aromatic rings. The zero-order chi connectivity index (χ0) is 25.3. The highest BCUT2D eigenvalue weighted by Crippen LogP contribution is 2.32. The molecule has 0 aromatic carbocycles. The van der Waals surface area contributed by atoms with Crippen LogP contribution in [0.25, 0.3) is 0 Å². The first kappa shape index (κ1) is 33.8. The molecule has 206 valence electrons. The van der Waals surface area contributed by atoms with Crippen LogP contribution in [0.1, 0.15) is 130 Å². The molecule has 2 atom stereocenters. The van der Waals surface area contributed by atoms with E-state index in [2.05, 4.69) is 20.8 Å². The molecule has 5 heteroatoms. The summed E-state index contributed by atoms with van der Waals surface area (Å²) in [7, 11) is 4.96. The summed E-state index contributed by atoms with van der Waals surface area (Å²) >= 11 is 0. The highest BCUT2D eigenvalue weighted by molar-refractivity contribution is 4.72. The molecule has 0 spiro atoms. The SMILES string of the molecule is CCCCCCCCC(CCCOCC1CO1)C(OC)(OC)OC.CCCCCCCCCC. The lowest BCUT2D eigenvalue weighted by Gasteiger charge is -2.36. The summed E-state index contributed by atoms with van der Waals surface area (Å²) in [6, 6.07) is 0. The Labute approximate surface area is 213 Å². The van der Waals surface area contributed by atoms with Crippen molar-refractivity contribution in [2.75, 3.05) is 41.2 Å². The highest BCUT2D eigenvalue weighted by atomic mass is 16.9. The topological polar surface area (TPSA) is 49.5 Å². The second-order valence-corrected chi connectivity index (χ2v) is 9.76. The Kier molecular flexibility index (Phi) is 24.3. The molecule has 1 rings (SSSR count). The van der Waals surface area contributed by atoms with Crippen molar-refractivity contribution < 1.29 is 23.7 Å². The number of hydrogen-bond acceptors (Lipinski definition) is 5. The van der Waals surface area contributed by atoms with Gasteiger partial charge in [-0.05, 0) is 19.3 Å². The number of ether oxygens (including phenoxy) is 5. The Hall–Kier alpha value is -0.200. The van der Waals surface area contributed by atoms with E-state index in [1.807, 2.05) is 0 Å². The van der Waals surface area contributed by atoms with Gasteiger partial charge in [0.05, 0.1) is 13.2 Å². The standard InChI is InChI=1S/C19H38O5.C10H22/c1-5-6-7-8-9-10-12-17(19(20-2,21-3)22-4)13-11-14-23-15-18-16-24-18;1-3-5-7-9-10-8-6-4-2/h17-18H,5-16H2,1-4H3;3-10H2,1-2H3. The van der Waals surface area contributed by atoms with Gasteiger partial charge in [-0.15, -0.1) is 0 Å². The molecule has 1 fully saturated rings. The molecule has 0 bridgehead atoms. The molecule has 0 aliphatic carbocycles. The van der Waals surface area contributed by atoms with E-state index in [0.717, 1.165) is 32.5 Å². The van der Waals surface area contributed by atoms with Crippen LogP contribution in [0.2, 0.25) is 0 Å². The maximum Gasteiger partial charge on any atom is 0.285 e. The predicted octanol–water partition coefficient (Wildman–Crippen LogP) is 8.29. The van der Waals surface area contributed by atoms with Gasteiger partial charge >= 0.3 is 0 Å². The fourth-order valence-corrected chi connectivity index (χ4v) is 4.44. The second kappa shape index (κ2) is 24.5. The van der Waals surface area contributed by atoms with Gasteiger partial charge in [0.2, 0.25) is 0 Å². The Bertz CT molecular complexity index is 380. The lowest BCUT2D eigenvalue weighted by Crippen LogP contribution is -2.44. The summed E-state index contributed by atoms with van der Waals surface area (Å²) in [4.78, 5) is 0. The number of epoxide rings is 1. The van der Waals surface area contributed by atoms with E-state index in [4.69, 9.17) is 23.7 Å². The van der Waals surface area contributed by atoms with Gasteiger partial charge in [-0.25, -0.2) is 0 Å². The minimum atomic E-state index is -0.941. The first-order valence-electron chi connectivity index (χ1n) is 14.5. The third kappa shape index (κ3) is 18.1. The molecule has 0 aromatic heterocycles. The van der Waals surface area contributed by atoms with Crippen molar-refractivity contribution >= 4 is 0 Å². The van der Waals surface area contributed by atoms with Crippen LogP contribution < -0.4 is 0 Å². The predicted molar refractivity (Wildman–Crippen MR) is 143 cm³/mol. The minimum Gasteiger partial charge on any atom is -0.379 e. The van der Waals surface area contributed by atoms with Crippen LogP contribution in [0.15, 0.2) is 0 Å². The van der Waals surface area contributed by atoms with E-state index in [-0.39, 0.29) is 5.92 Å². The van der Waals surface area contributed by atoms with Crippen molar-refractivity contribution in [3.63, 3.8) is 0 Å². The maximum absolute atomic E-state index is 5.64. The van der Waals surface area contributed by atoms with Crippen molar-refractivity contribution in [1.82, 2.24) is 0 Å². The number of unbranched alkanes of at least 4 members (excludes halogenated alkanes) is 12. The fourth-order valence-electron chi connectivity index (χ4n) is 4.44. The first-order chi connectivity index (χ1) is 16.6. The van der Waals surface area contributed by atoms with Crippen LogP contribution in [0.4, 0.5) is 0 Å². The molecular weight excluding hydrogens is 428 g/mol.